The summed E-state index contributed by atoms with van der Waals surface area (Å²) in [7, 11) is 0. The van der Waals surface area contributed by atoms with Gasteiger partial charge in [-0.15, -0.1) is 0 Å². The molecule has 9 heteroatoms. The van der Waals surface area contributed by atoms with Crippen LogP contribution in [0.15, 0.2) is 60.2 Å². The van der Waals surface area contributed by atoms with Gasteiger partial charge in [0, 0.05) is 37.9 Å². The topological polar surface area (TPSA) is 121 Å². The quantitative estimate of drug-likeness (QED) is 0.242. The van der Waals surface area contributed by atoms with Gasteiger partial charge in [0.1, 0.15) is 25.1 Å². The number of aromatic amines is 1. The molecule has 0 aliphatic carbocycles. The largest absolute Gasteiger partial charge is 0.487 e. The lowest BCUT2D eigenvalue weighted by Crippen LogP contribution is -2.32. The predicted octanol–water partition coefficient (Wildman–Crippen LogP) is 2.31. The summed E-state index contributed by atoms with van der Waals surface area (Å²) >= 11 is 0. The third-order valence-corrected chi connectivity index (χ3v) is 5.33. The molecule has 1 aromatic heterocycles. The van der Waals surface area contributed by atoms with Crippen LogP contribution in [0.4, 0.5) is 0 Å². The van der Waals surface area contributed by atoms with E-state index < -0.39 is 6.10 Å². The van der Waals surface area contributed by atoms with E-state index in [0.717, 1.165) is 28.1 Å². The van der Waals surface area contributed by atoms with E-state index in [4.69, 9.17) is 9.47 Å². The number of rotatable bonds is 12. The van der Waals surface area contributed by atoms with Crippen molar-refractivity contribution in [3.05, 3.63) is 66.5 Å². The minimum atomic E-state index is -0.664. The monoisotopic (exact) mass is 463 g/mol. The number of ether oxygens (including phenoxy) is 2. The molecule has 1 aliphatic heterocycles. The number of aromatic nitrogens is 2. The summed E-state index contributed by atoms with van der Waals surface area (Å²) in [5.41, 5.74) is 6.16. The maximum atomic E-state index is 11.3. The molecule has 2 heterocycles. The number of H-pyrrole nitrogens is 1. The number of aliphatic hydroxyl groups excluding tert-OH is 1. The van der Waals surface area contributed by atoms with Gasteiger partial charge in [0.05, 0.1) is 16.7 Å². The Balaban J connectivity index is 1.22. The molecule has 0 spiro atoms. The first kappa shape index (κ1) is 23.5. The van der Waals surface area contributed by atoms with Crippen molar-refractivity contribution < 1.29 is 19.4 Å². The highest BCUT2D eigenvalue weighted by Gasteiger charge is 2.14. The van der Waals surface area contributed by atoms with E-state index in [-0.39, 0.29) is 12.5 Å². The first-order valence-electron chi connectivity index (χ1n) is 11.3. The number of amides is 1. The number of para-hydroxylation sites is 2. The number of fused-ring (bicyclic) bond motifs is 1. The third-order valence-electron chi connectivity index (χ3n) is 5.33. The lowest BCUT2D eigenvalue weighted by molar-refractivity contribution is -0.121. The molecule has 0 fully saturated rings. The summed E-state index contributed by atoms with van der Waals surface area (Å²) in [5, 5.41) is 17.6. The number of hydrogen-bond acceptors (Lipinski definition) is 7. The average Bonchev–Trinajstić information content (AvgIpc) is 3.27. The van der Waals surface area contributed by atoms with E-state index in [1.807, 2.05) is 42.5 Å². The van der Waals surface area contributed by atoms with Crippen molar-refractivity contribution in [1.82, 2.24) is 20.7 Å². The van der Waals surface area contributed by atoms with Gasteiger partial charge in [-0.05, 0) is 24.3 Å². The highest BCUT2D eigenvalue weighted by Crippen LogP contribution is 2.26. The molecule has 1 atom stereocenters. The molecule has 1 amide bonds. The summed E-state index contributed by atoms with van der Waals surface area (Å²) in [6.45, 7) is 5.23. The maximum absolute atomic E-state index is 11.3. The smallest absolute Gasteiger partial charge is 0.240 e. The van der Waals surface area contributed by atoms with Gasteiger partial charge in [-0.3, -0.25) is 4.79 Å². The highest BCUT2D eigenvalue weighted by molar-refractivity contribution is 6.05. The van der Waals surface area contributed by atoms with Gasteiger partial charge in [-0.2, -0.15) is 5.10 Å². The third kappa shape index (κ3) is 6.21. The second-order valence-corrected chi connectivity index (χ2v) is 7.97. The van der Waals surface area contributed by atoms with Crippen LogP contribution < -0.4 is 20.2 Å². The van der Waals surface area contributed by atoms with Crippen molar-refractivity contribution in [2.24, 2.45) is 5.10 Å². The number of carbonyl (C=O) groups is 1. The van der Waals surface area contributed by atoms with E-state index in [1.54, 1.807) is 6.08 Å². The van der Waals surface area contributed by atoms with Gasteiger partial charge in [0.15, 0.2) is 11.5 Å². The second-order valence-electron chi connectivity index (χ2n) is 7.97. The Bertz CT molecular complexity index is 1170. The standard InChI is InChI=1S/C25H29N5O4/c1-2-13-33-22-5-3-4-6-23(22)34-16-18(31)15-26-12-11-24-27-20-8-7-17(14-21(20)28-24)19-9-10-25(32)30-29-19/h2-8,14,18,26,31H,1,9-13,15-16H2,(H,27,28)(H,30,32). The summed E-state index contributed by atoms with van der Waals surface area (Å²) in [6.07, 6.45) is 2.76. The Kier molecular flexibility index (Phi) is 7.90. The minimum Gasteiger partial charge on any atom is -0.487 e. The number of hydrogen-bond donors (Lipinski definition) is 4. The molecule has 34 heavy (non-hydrogen) atoms. The molecule has 1 unspecified atom stereocenters. The fourth-order valence-electron chi connectivity index (χ4n) is 3.60. The minimum absolute atomic E-state index is 0.0570. The van der Waals surface area contributed by atoms with E-state index in [9.17, 15) is 9.90 Å². The van der Waals surface area contributed by atoms with E-state index in [0.29, 0.717) is 50.5 Å². The Morgan fingerprint density at radius 2 is 2.00 bits per heavy atom. The molecule has 4 rings (SSSR count). The van der Waals surface area contributed by atoms with Crippen molar-refractivity contribution in [3.8, 4) is 11.5 Å². The fourth-order valence-corrected chi connectivity index (χ4v) is 3.60. The van der Waals surface area contributed by atoms with Gasteiger partial charge in [-0.1, -0.05) is 30.9 Å². The Morgan fingerprint density at radius 3 is 2.76 bits per heavy atom. The van der Waals surface area contributed by atoms with Crippen molar-refractivity contribution in [3.63, 3.8) is 0 Å². The molecule has 0 saturated heterocycles. The maximum Gasteiger partial charge on any atom is 0.240 e. The number of benzene rings is 2. The molecule has 9 nitrogen and oxygen atoms in total. The SMILES string of the molecule is C=CCOc1ccccc1OCC(O)CNCCc1nc2cc(C3=NNC(=O)CC3)ccc2[nH]1. The highest BCUT2D eigenvalue weighted by atomic mass is 16.5. The van der Waals surface area contributed by atoms with Crippen molar-refractivity contribution in [2.75, 3.05) is 26.3 Å². The number of imidazole rings is 1. The molecular formula is C25H29N5O4. The molecule has 0 bridgehead atoms. The zero-order valence-corrected chi connectivity index (χ0v) is 18.9. The summed E-state index contributed by atoms with van der Waals surface area (Å²) in [4.78, 5) is 19.3. The van der Waals surface area contributed by atoms with Crippen LogP contribution in [0.25, 0.3) is 11.0 Å². The van der Waals surface area contributed by atoms with Gasteiger partial charge >= 0.3 is 0 Å². The summed E-state index contributed by atoms with van der Waals surface area (Å²) in [6, 6.07) is 13.3. The van der Waals surface area contributed by atoms with Crippen LogP contribution in [0.2, 0.25) is 0 Å². The second kappa shape index (κ2) is 11.4. The first-order chi connectivity index (χ1) is 16.6. The number of carbonyl (C=O) groups excluding carboxylic acids is 1. The van der Waals surface area contributed by atoms with Gasteiger partial charge < -0.3 is 24.9 Å². The molecular weight excluding hydrogens is 434 g/mol. The van der Waals surface area contributed by atoms with Gasteiger partial charge in [-0.25, -0.2) is 10.4 Å². The number of hydrazone groups is 1. The fraction of sp³-hybridized carbons (Fsp3) is 0.320. The predicted molar refractivity (Wildman–Crippen MR) is 130 cm³/mol. The van der Waals surface area contributed by atoms with Crippen LogP contribution in [-0.4, -0.2) is 59.1 Å². The first-order valence-corrected chi connectivity index (χ1v) is 11.3. The van der Waals surface area contributed by atoms with Crippen LogP contribution in [0, 0.1) is 0 Å². The van der Waals surface area contributed by atoms with E-state index >= 15 is 0 Å². The summed E-state index contributed by atoms with van der Waals surface area (Å²) < 4.78 is 11.3. The average molecular weight is 464 g/mol. The number of nitrogens with zero attached hydrogens (tertiary/aromatic N) is 2. The normalized spacial score (nSPS) is 14.4. The van der Waals surface area contributed by atoms with E-state index in [2.05, 4.69) is 32.4 Å². The van der Waals surface area contributed by atoms with Crippen molar-refractivity contribution >= 4 is 22.7 Å². The van der Waals surface area contributed by atoms with Crippen LogP contribution >= 0.6 is 0 Å². The van der Waals surface area contributed by atoms with Crippen molar-refractivity contribution in [1.29, 1.82) is 0 Å². The molecule has 0 radical (unpaired) electrons. The van der Waals surface area contributed by atoms with Gasteiger partial charge in [0.2, 0.25) is 5.91 Å². The zero-order chi connectivity index (χ0) is 23.8. The molecule has 2 aromatic carbocycles. The lowest BCUT2D eigenvalue weighted by Gasteiger charge is -2.15. The van der Waals surface area contributed by atoms with Gasteiger partial charge in [0.25, 0.3) is 0 Å². The Morgan fingerprint density at radius 1 is 1.18 bits per heavy atom. The van der Waals surface area contributed by atoms with Crippen LogP contribution in [-0.2, 0) is 11.2 Å². The lowest BCUT2D eigenvalue weighted by atomic mass is 10.0. The van der Waals surface area contributed by atoms with Crippen LogP contribution in [0.5, 0.6) is 11.5 Å². The Labute approximate surface area is 197 Å². The molecule has 4 N–H and O–H groups in total. The Hall–Kier alpha value is -3.69. The van der Waals surface area contributed by atoms with E-state index in [1.165, 1.54) is 0 Å². The molecule has 3 aromatic rings. The number of aliphatic hydroxyl groups is 1. The number of nitrogens with one attached hydrogen (secondary N) is 3. The van der Waals surface area contributed by atoms with Crippen molar-refractivity contribution in [2.45, 2.75) is 25.4 Å². The zero-order valence-electron chi connectivity index (χ0n) is 18.9. The molecule has 1 aliphatic rings. The van der Waals surface area contributed by atoms with Crippen LogP contribution in [0.3, 0.4) is 0 Å². The van der Waals surface area contributed by atoms with Crippen LogP contribution in [0.1, 0.15) is 24.2 Å². The molecule has 0 saturated carbocycles. The molecule has 178 valence electrons. The summed E-state index contributed by atoms with van der Waals surface area (Å²) in [5.74, 6) is 2.01.